The van der Waals surface area contributed by atoms with Gasteiger partial charge < -0.3 is 19.2 Å². The van der Waals surface area contributed by atoms with Crippen LogP contribution in [-0.4, -0.2) is 36.3 Å². The predicted octanol–water partition coefficient (Wildman–Crippen LogP) is 3.08. The first-order valence-corrected chi connectivity index (χ1v) is 8.02. The zero-order valence-corrected chi connectivity index (χ0v) is 14.0. The minimum atomic E-state index is -0.370. The van der Waals surface area contributed by atoms with Crippen molar-refractivity contribution in [1.82, 2.24) is 9.97 Å². The van der Waals surface area contributed by atoms with E-state index < -0.39 is 0 Å². The fourth-order valence-electron chi connectivity index (χ4n) is 2.43. The molecular weight excluding hydrogens is 320 g/mol. The molecule has 6 heteroatoms. The number of ether oxygens (including phenoxy) is 3. The first kappa shape index (κ1) is 17.1. The molecule has 1 N–H and O–H groups in total. The van der Waals surface area contributed by atoms with Gasteiger partial charge in [0.25, 0.3) is 0 Å². The maximum absolute atomic E-state index is 11.5. The lowest BCUT2D eigenvalue weighted by molar-refractivity contribution is 0.0320. The van der Waals surface area contributed by atoms with E-state index in [1.165, 1.54) is 7.11 Å². The van der Waals surface area contributed by atoms with Crippen molar-refractivity contribution in [2.75, 3.05) is 20.3 Å². The van der Waals surface area contributed by atoms with Gasteiger partial charge in [0.05, 0.1) is 43.5 Å². The maximum Gasteiger partial charge on any atom is 0.337 e. The topological polar surface area (TPSA) is 73.4 Å². The van der Waals surface area contributed by atoms with Crippen LogP contribution in [0.4, 0.5) is 0 Å². The lowest BCUT2D eigenvalue weighted by Gasteiger charge is -2.04. The molecule has 0 spiro atoms. The summed E-state index contributed by atoms with van der Waals surface area (Å²) in [4.78, 5) is 19.1. The van der Waals surface area contributed by atoms with Gasteiger partial charge in [-0.05, 0) is 23.8 Å². The van der Waals surface area contributed by atoms with E-state index in [1.54, 1.807) is 18.2 Å². The Morgan fingerprint density at radius 1 is 1.04 bits per heavy atom. The van der Waals surface area contributed by atoms with Crippen LogP contribution in [0.25, 0.3) is 11.0 Å². The van der Waals surface area contributed by atoms with Crippen LogP contribution in [0.2, 0.25) is 0 Å². The number of aromatic amines is 1. The summed E-state index contributed by atoms with van der Waals surface area (Å²) in [5.74, 6) is 0.338. The Morgan fingerprint density at radius 3 is 2.56 bits per heavy atom. The first-order valence-electron chi connectivity index (χ1n) is 8.02. The number of carbonyl (C=O) groups is 1. The predicted molar refractivity (Wildman–Crippen MR) is 93.2 cm³/mol. The molecule has 0 saturated carbocycles. The van der Waals surface area contributed by atoms with E-state index in [1.807, 2.05) is 30.3 Å². The number of benzene rings is 2. The molecule has 25 heavy (non-hydrogen) atoms. The van der Waals surface area contributed by atoms with Gasteiger partial charge in [-0.15, -0.1) is 0 Å². The van der Waals surface area contributed by atoms with E-state index in [2.05, 4.69) is 9.97 Å². The molecule has 6 nitrogen and oxygen atoms in total. The minimum Gasteiger partial charge on any atom is -0.465 e. The number of esters is 1. The first-order chi connectivity index (χ1) is 12.3. The molecule has 0 unspecified atom stereocenters. The van der Waals surface area contributed by atoms with Gasteiger partial charge in [-0.1, -0.05) is 30.3 Å². The quantitative estimate of drug-likeness (QED) is 0.504. The molecule has 2 aromatic carbocycles. The van der Waals surface area contributed by atoms with Crippen molar-refractivity contribution in [3.05, 3.63) is 65.5 Å². The Morgan fingerprint density at radius 2 is 1.80 bits per heavy atom. The van der Waals surface area contributed by atoms with E-state index in [0.717, 1.165) is 16.6 Å². The highest BCUT2D eigenvalue weighted by atomic mass is 16.5. The van der Waals surface area contributed by atoms with Gasteiger partial charge >= 0.3 is 5.97 Å². The number of nitrogens with zero attached hydrogens (tertiary/aromatic N) is 1. The van der Waals surface area contributed by atoms with E-state index in [0.29, 0.717) is 37.8 Å². The van der Waals surface area contributed by atoms with Crippen molar-refractivity contribution in [2.24, 2.45) is 0 Å². The fourth-order valence-corrected chi connectivity index (χ4v) is 2.43. The number of H-pyrrole nitrogens is 1. The molecule has 1 heterocycles. The van der Waals surface area contributed by atoms with Gasteiger partial charge in [0, 0.05) is 0 Å². The number of imidazole rings is 1. The van der Waals surface area contributed by atoms with Crippen molar-refractivity contribution < 1.29 is 19.0 Å². The molecule has 3 rings (SSSR count). The van der Waals surface area contributed by atoms with Crippen molar-refractivity contribution in [2.45, 2.75) is 13.2 Å². The van der Waals surface area contributed by atoms with Crippen molar-refractivity contribution in [1.29, 1.82) is 0 Å². The third-order valence-electron chi connectivity index (χ3n) is 3.67. The van der Waals surface area contributed by atoms with Crippen LogP contribution in [0.15, 0.2) is 48.5 Å². The average molecular weight is 340 g/mol. The Bertz CT molecular complexity index is 830. The van der Waals surface area contributed by atoms with Crippen LogP contribution in [0.5, 0.6) is 0 Å². The molecule has 0 bridgehead atoms. The summed E-state index contributed by atoms with van der Waals surface area (Å²) < 4.78 is 15.9. The van der Waals surface area contributed by atoms with Gasteiger partial charge in [-0.3, -0.25) is 0 Å². The monoisotopic (exact) mass is 340 g/mol. The van der Waals surface area contributed by atoms with E-state index in [-0.39, 0.29) is 5.97 Å². The van der Waals surface area contributed by atoms with Crippen LogP contribution in [0, 0.1) is 0 Å². The highest BCUT2D eigenvalue weighted by Crippen LogP contribution is 2.15. The summed E-state index contributed by atoms with van der Waals surface area (Å²) in [5, 5.41) is 0. The summed E-state index contributed by atoms with van der Waals surface area (Å²) in [6, 6.07) is 15.2. The van der Waals surface area contributed by atoms with Crippen molar-refractivity contribution >= 4 is 17.0 Å². The third-order valence-corrected chi connectivity index (χ3v) is 3.67. The SMILES string of the molecule is COC(=O)c1ccc2nc(COCCOCc3ccccc3)[nH]c2c1. The smallest absolute Gasteiger partial charge is 0.337 e. The Hall–Kier alpha value is -2.70. The Kier molecular flexibility index (Phi) is 5.77. The van der Waals surface area contributed by atoms with Gasteiger partial charge in [0.15, 0.2) is 0 Å². The number of carbonyl (C=O) groups excluding carboxylic acids is 1. The number of methoxy groups -OCH3 is 1. The van der Waals surface area contributed by atoms with Crippen molar-refractivity contribution in [3.63, 3.8) is 0 Å². The Balaban J connectivity index is 1.44. The second-order valence-corrected chi connectivity index (χ2v) is 5.50. The highest BCUT2D eigenvalue weighted by molar-refractivity contribution is 5.93. The zero-order valence-electron chi connectivity index (χ0n) is 14.0. The van der Waals surface area contributed by atoms with Gasteiger partial charge in [-0.25, -0.2) is 9.78 Å². The highest BCUT2D eigenvalue weighted by Gasteiger charge is 2.09. The lowest BCUT2D eigenvalue weighted by atomic mass is 10.2. The molecule has 0 amide bonds. The van der Waals surface area contributed by atoms with Crippen molar-refractivity contribution in [3.8, 4) is 0 Å². The third kappa shape index (κ3) is 4.65. The van der Waals surface area contributed by atoms with E-state index in [9.17, 15) is 4.79 Å². The number of hydrogen-bond donors (Lipinski definition) is 1. The average Bonchev–Trinajstić information content (AvgIpc) is 3.06. The van der Waals surface area contributed by atoms with E-state index in [4.69, 9.17) is 14.2 Å². The fraction of sp³-hybridized carbons (Fsp3) is 0.263. The standard InChI is InChI=1S/C19H20N2O4/c1-23-19(22)15-7-8-16-17(11-15)21-18(20-16)13-25-10-9-24-12-14-5-3-2-4-6-14/h2-8,11H,9-10,12-13H2,1H3,(H,20,21). The van der Waals surface area contributed by atoms with Crippen LogP contribution >= 0.6 is 0 Å². The molecule has 0 saturated heterocycles. The molecule has 0 fully saturated rings. The lowest BCUT2D eigenvalue weighted by Crippen LogP contribution is -2.05. The number of rotatable bonds is 8. The second-order valence-electron chi connectivity index (χ2n) is 5.50. The van der Waals surface area contributed by atoms with Crippen LogP contribution in [-0.2, 0) is 27.4 Å². The molecule has 0 aliphatic carbocycles. The molecule has 1 aromatic heterocycles. The Labute approximate surface area is 145 Å². The number of fused-ring (bicyclic) bond motifs is 1. The largest absolute Gasteiger partial charge is 0.465 e. The normalized spacial score (nSPS) is 10.9. The molecule has 0 aliphatic rings. The van der Waals surface area contributed by atoms with Gasteiger partial charge in [0.1, 0.15) is 12.4 Å². The molecule has 130 valence electrons. The van der Waals surface area contributed by atoms with Crippen LogP contribution in [0.1, 0.15) is 21.7 Å². The summed E-state index contributed by atoms with van der Waals surface area (Å²) in [6.07, 6.45) is 0. The number of nitrogens with one attached hydrogen (secondary N) is 1. The molecule has 0 aliphatic heterocycles. The molecular formula is C19H20N2O4. The summed E-state index contributed by atoms with van der Waals surface area (Å²) in [5.41, 5.74) is 3.19. The maximum atomic E-state index is 11.5. The van der Waals surface area contributed by atoms with Gasteiger partial charge in [0.2, 0.25) is 0 Å². The summed E-state index contributed by atoms with van der Waals surface area (Å²) in [6.45, 7) is 1.93. The second kappa shape index (κ2) is 8.41. The minimum absolute atomic E-state index is 0.358. The van der Waals surface area contributed by atoms with Gasteiger partial charge in [-0.2, -0.15) is 0 Å². The zero-order chi connectivity index (χ0) is 17.5. The van der Waals surface area contributed by atoms with Crippen LogP contribution in [0.3, 0.4) is 0 Å². The number of aromatic nitrogens is 2. The molecule has 0 radical (unpaired) electrons. The van der Waals surface area contributed by atoms with Crippen LogP contribution < -0.4 is 0 Å². The summed E-state index contributed by atoms with van der Waals surface area (Å²) in [7, 11) is 1.36. The molecule has 0 atom stereocenters. The van der Waals surface area contributed by atoms with E-state index >= 15 is 0 Å². The summed E-state index contributed by atoms with van der Waals surface area (Å²) >= 11 is 0. The molecule has 3 aromatic rings. The number of hydrogen-bond acceptors (Lipinski definition) is 5.